The highest BCUT2D eigenvalue weighted by Crippen LogP contribution is 2.26. The van der Waals surface area contributed by atoms with Crippen LogP contribution in [0.5, 0.6) is 5.75 Å². The third kappa shape index (κ3) is 4.81. The number of aliphatic carboxylic acids is 1. The van der Waals surface area contributed by atoms with Gasteiger partial charge in [-0.2, -0.15) is 0 Å². The van der Waals surface area contributed by atoms with E-state index in [9.17, 15) is 19.5 Å². The lowest BCUT2D eigenvalue weighted by molar-refractivity contribution is -0.137. The first-order valence-corrected chi connectivity index (χ1v) is 9.30. The third-order valence-corrected chi connectivity index (χ3v) is 4.58. The summed E-state index contributed by atoms with van der Waals surface area (Å²) in [6.07, 6.45) is 0.931. The molecular weight excluding hydrogens is 374 g/mol. The Labute approximate surface area is 168 Å². The van der Waals surface area contributed by atoms with Crippen LogP contribution in [-0.4, -0.2) is 51.6 Å². The molecule has 152 valence electrons. The highest BCUT2D eigenvalue weighted by atomic mass is 16.5. The molecule has 29 heavy (non-hydrogen) atoms. The van der Waals surface area contributed by atoms with Gasteiger partial charge in [0.1, 0.15) is 12.3 Å². The minimum Gasteiger partial charge on any atom is -0.493 e. The van der Waals surface area contributed by atoms with Gasteiger partial charge in [0.2, 0.25) is 0 Å². The fraction of sp³-hybridized carbons (Fsp3) is 0.318. The highest BCUT2D eigenvalue weighted by Gasteiger charge is 2.38. The minimum atomic E-state index is -1.24. The molecule has 1 heterocycles. The Hall–Kier alpha value is -3.19. The average molecular weight is 397 g/mol. The first-order valence-electron chi connectivity index (χ1n) is 9.30. The summed E-state index contributed by atoms with van der Waals surface area (Å²) >= 11 is 0. The van der Waals surface area contributed by atoms with Crippen LogP contribution < -0.4 is 4.74 Å². The van der Waals surface area contributed by atoms with Gasteiger partial charge < -0.3 is 14.9 Å². The number of rotatable bonds is 8. The van der Waals surface area contributed by atoms with Crippen LogP contribution in [0.1, 0.15) is 45.7 Å². The molecule has 7 heteroatoms. The molecule has 2 aromatic rings. The minimum absolute atomic E-state index is 0.227. The Morgan fingerprint density at radius 1 is 1.07 bits per heavy atom. The van der Waals surface area contributed by atoms with Crippen LogP contribution >= 0.6 is 0 Å². The summed E-state index contributed by atoms with van der Waals surface area (Å²) in [5, 5.41) is 18.8. The van der Waals surface area contributed by atoms with Gasteiger partial charge in [-0.05, 0) is 43.2 Å². The van der Waals surface area contributed by atoms with Gasteiger partial charge in [0.25, 0.3) is 11.8 Å². The molecule has 0 atom stereocenters. The number of fused-ring (bicyclic) bond motifs is 1. The highest BCUT2D eigenvalue weighted by molar-refractivity contribution is 6.22. The topological polar surface area (TPSA) is 104 Å². The van der Waals surface area contributed by atoms with E-state index >= 15 is 0 Å². The molecule has 0 spiro atoms. The molecule has 0 aromatic heterocycles. The maximum atomic E-state index is 12.5. The van der Waals surface area contributed by atoms with Crippen molar-refractivity contribution in [3.63, 3.8) is 0 Å². The van der Waals surface area contributed by atoms with E-state index in [-0.39, 0.29) is 11.1 Å². The van der Waals surface area contributed by atoms with Crippen molar-refractivity contribution in [2.24, 2.45) is 0 Å². The molecule has 0 fully saturated rings. The smallest absolute Gasteiger partial charge is 0.323 e. The van der Waals surface area contributed by atoms with Crippen molar-refractivity contribution in [3.05, 3.63) is 64.7 Å². The summed E-state index contributed by atoms with van der Waals surface area (Å²) in [6, 6.07) is 12.4. The summed E-state index contributed by atoms with van der Waals surface area (Å²) in [7, 11) is 0. The lowest BCUT2D eigenvalue weighted by atomic mass is 9.99. The fourth-order valence-electron chi connectivity index (χ4n) is 3.37. The second kappa shape index (κ2) is 8.05. The molecular formula is C22H23NO6. The lowest BCUT2D eigenvalue weighted by Gasteiger charge is -2.17. The molecule has 0 radical (unpaired) electrons. The number of imide groups is 1. The van der Waals surface area contributed by atoms with Crippen molar-refractivity contribution in [1.29, 1.82) is 0 Å². The molecule has 7 nitrogen and oxygen atoms in total. The number of amides is 2. The molecule has 0 bridgehead atoms. The number of carboxylic acid groups (broad SMARTS) is 1. The molecule has 0 saturated carbocycles. The summed E-state index contributed by atoms with van der Waals surface area (Å²) in [5.74, 6) is -1.75. The van der Waals surface area contributed by atoms with Crippen LogP contribution in [0.15, 0.2) is 42.5 Å². The molecule has 0 unspecified atom stereocenters. The standard InChI is InChI=1S/C22H23NO6/c1-22(2,28)12-14-6-8-16(9-7-14)29-11-10-15-4-3-5-17-19(15)21(27)23(20(17)26)13-18(24)25/h3-9,28H,10-13H2,1-2H3,(H,24,25). The number of ether oxygens (including phenoxy) is 1. The molecule has 1 aliphatic rings. The number of carboxylic acids is 1. The Bertz CT molecular complexity index is 943. The van der Waals surface area contributed by atoms with Crippen LogP contribution in [-0.2, 0) is 17.6 Å². The predicted molar refractivity (Wildman–Crippen MR) is 105 cm³/mol. The third-order valence-electron chi connectivity index (χ3n) is 4.58. The molecule has 2 amide bonds. The van der Waals surface area contributed by atoms with Crippen molar-refractivity contribution in [2.75, 3.05) is 13.2 Å². The Balaban J connectivity index is 1.65. The Morgan fingerprint density at radius 3 is 2.38 bits per heavy atom. The van der Waals surface area contributed by atoms with Crippen LogP contribution in [0.4, 0.5) is 0 Å². The van der Waals surface area contributed by atoms with E-state index in [0.717, 1.165) is 10.5 Å². The predicted octanol–water partition coefficient (Wildman–Crippen LogP) is 2.30. The van der Waals surface area contributed by atoms with E-state index in [2.05, 4.69) is 0 Å². The van der Waals surface area contributed by atoms with Crippen molar-refractivity contribution in [3.8, 4) is 5.75 Å². The average Bonchev–Trinajstić information content (AvgIpc) is 2.87. The van der Waals surface area contributed by atoms with Crippen molar-refractivity contribution < 1.29 is 29.3 Å². The number of hydrogen-bond donors (Lipinski definition) is 2. The maximum absolute atomic E-state index is 12.5. The largest absolute Gasteiger partial charge is 0.493 e. The number of nitrogens with zero attached hydrogens (tertiary/aromatic N) is 1. The summed E-state index contributed by atoms with van der Waals surface area (Å²) in [6.45, 7) is 3.14. The molecule has 3 rings (SSSR count). The number of benzene rings is 2. The first-order chi connectivity index (χ1) is 13.7. The zero-order valence-electron chi connectivity index (χ0n) is 16.3. The van der Waals surface area contributed by atoms with E-state index < -0.39 is 29.9 Å². The zero-order chi connectivity index (χ0) is 21.2. The van der Waals surface area contributed by atoms with Crippen LogP contribution in [0, 0.1) is 0 Å². The van der Waals surface area contributed by atoms with Crippen LogP contribution in [0.25, 0.3) is 0 Å². The number of aliphatic hydroxyl groups is 1. The van der Waals surface area contributed by atoms with Gasteiger partial charge in [0, 0.05) is 12.8 Å². The van der Waals surface area contributed by atoms with E-state index in [1.54, 1.807) is 26.0 Å². The molecule has 1 aliphatic heterocycles. The number of carbonyl (C=O) groups is 3. The number of hydrogen-bond acceptors (Lipinski definition) is 5. The normalized spacial score (nSPS) is 13.6. The van der Waals surface area contributed by atoms with E-state index in [0.29, 0.717) is 30.8 Å². The van der Waals surface area contributed by atoms with Gasteiger partial charge in [-0.25, -0.2) is 0 Å². The maximum Gasteiger partial charge on any atom is 0.323 e. The van der Waals surface area contributed by atoms with Crippen LogP contribution in [0.3, 0.4) is 0 Å². The Kier molecular flexibility index (Phi) is 5.70. The molecule has 0 aliphatic carbocycles. The molecule has 2 aromatic carbocycles. The SMILES string of the molecule is CC(C)(O)Cc1ccc(OCCc2cccc3c2C(=O)N(CC(=O)O)C3=O)cc1. The van der Waals surface area contributed by atoms with Gasteiger partial charge in [-0.1, -0.05) is 24.3 Å². The molecule has 2 N–H and O–H groups in total. The monoisotopic (exact) mass is 397 g/mol. The summed E-state index contributed by atoms with van der Waals surface area (Å²) in [5.41, 5.74) is 1.34. The number of carbonyl (C=O) groups excluding carboxylic acids is 2. The van der Waals surface area contributed by atoms with Crippen molar-refractivity contribution in [2.45, 2.75) is 32.3 Å². The lowest BCUT2D eigenvalue weighted by Crippen LogP contribution is -2.34. The quantitative estimate of drug-likeness (QED) is 0.663. The Morgan fingerprint density at radius 2 is 1.76 bits per heavy atom. The van der Waals surface area contributed by atoms with E-state index in [1.165, 1.54) is 6.07 Å². The molecule has 0 saturated heterocycles. The van der Waals surface area contributed by atoms with E-state index in [1.807, 2.05) is 24.3 Å². The van der Waals surface area contributed by atoms with Gasteiger partial charge >= 0.3 is 5.97 Å². The van der Waals surface area contributed by atoms with Crippen LogP contribution in [0.2, 0.25) is 0 Å². The second-order valence-corrected chi connectivity index (χ2v) is 7.66. The second-order valence-electron chi connectivity index (χ2n) is 7.66. The summed E-state index contributed by atoms with van der Waals surface area (Å²) < 4.78 is 5.74. The summed E-state index contributed by atoms with van der Waals surface area (Å²) in [4.78, 5) is 36.5. The first kappa shape index (κ1) is 20.5. The fourth-order valence-corrected chi connectivity index (χ4v) is 3.37. The van der Waals surface area contributed by atoms with Crippen molar-refractivity contribution >= 4 is 17.8 Å². The van der Waals surface area contributed by atoms with Gasteiger partial charge in [-0.3, -0.25) is 19.3 Å². The van der Waals surface area contributed by atoms with Gasteiger partial charge in [0.05, 0.1) is 23.3 Å². The van der Waals surface area contributed by atoms with Gasteiger partial charge in [0.15, 0.2) is 0 Å². The van der Waals surface area contributed by atoms with Crippen molar-refractivity contribution in [1.82, 2.24) is 4.90 Å². The van der Waals surface area contributed by atoms with Gasteiger partial charge in [-0.15, -0.1) is 0 Å². The van der Waals surface area contributed by atoms with E-state index in [4.69, 9.17) is 9.84 Å². The zero-order valence-corrected chi connectivity index (χ0v) is 16.3.